The van der Waals surface area contributed by atoms with Crippen molar-refractivity contribution in [1.29, 1.82) is 0 Å². The van der Waals surface area contributed by atoms with Crippen molar-refractivity contribution in [3.8, 4) is 0 Å². The number of hydrogen-bond donors (Lipinski definition) is 2. The van der Waals surface area contributed by atoms with Gasteiger partial charge < -0.3 is 10.4 Å². The normalized spacial score (nSPS) is 10.1. The van der Waals surface area contributed by atoms with Crippen molar-refractivity contribution < 1.29 is 14.7 Å². The Morgan fingerprint density at radius 2 is 2.17 bits per heavy atom. The van der Waals surface area contributed by atoms with Crippen molar-refractivity contribution in [2.45, 2.75) is 6.92 Å². The van der Waals surface area contributed by atoms with Crippen molar-refractivity contribution in [3.63, 3.8) is 0 Å². The Morgan fingerprint density at radius 3 is 2.78 bits per heavy atom. The standard InChI is InChI=1S/C12H10N2O3S/c1-7-2-3-9(8(6-7)12(16)17)14-10(15)11-13-4-5-18-11/h2-6H,1H3,(H,14,15)(H,16,17). The number of amides is 1. The van der Waals surface area contributed by atoms with Gasteiger partial charge in [0.1, 0.15) is 0 Å². The number of anilines is 1. The highest BCUT2D eigenvalue weighted by molar-refractivity contribution is 7.11. The third kappa shape index (κ3) is 2.54. The van der Waals surface area contributed by atoms with Crippen LogP contribution in [0.2, 0.25) is 0 Å². The van der Waals surface area contributed by atoms with Gasteiger partial charge >= 0.3 is 5.97 Å². The summed E-state index contributed by atoms with van der Waals surface area (Å²) in [7, 11) is 0. The first kappa shape index (κ1) is 12.3. The van der Waals surface area contributed by atoms with Crippen LogP contribution in [0, 0.1) is 6.92 Å². The molecular formula is C12H10N2O3S. The van der Waals surface area contributed by atoms with Crippen LogP contribution < -0.4 is 5.32 Å². The van der Waals surface area contributed by atoms with E-state index in [9.17, 15) is 9.59 Å². The van der Waals surface area contributed by atoms with E-state index in [1.54, 1.807) is 24.4 Å². The molecule has 0 saturated heterocycles. The predicted octanol–water partition coefficient (Wildman–Crippen LogP) is 2.40. The van der Waals surface area contributed by atoms with E-state index >= 15 is 0 Å². The van der Waals surface area contributed by atoms with Gasteiger partial charge in [0.15, 0.2) is 5.01 Å². The molecule has 0 aliphatic heterocycles. The summed E-state index contributed by atoms with van der Waals surface area (Å²) in [6.07, 6.45) is 1.52. The zero-order valence-electron chi connectivity index (χ0n) is 9.51. The zero-order chi connectivity index (χ0) is 13.1. The Balaban J connectivity index is 2.29. The van der Waals surface area contributed by atoms with E-state index in [0.29, 0.717) is 5.01 Å². The fraction of sp³-hybridized carbons (Fsp3) is 0.0833. The van der Waals surface area contributed by atoms with Crippen LogP contribution in [0.25, 0.3) is 0 Å². The van der Waals surface area contributed by atoms with Gasteiger partial charge in [-0.2, -0.15) is 0 Å². The highest BCUT2D eigenvalue weighted by atomic mass is 32.1. The number of aryl methyl sites for hydroxylation is 1. The van der Waals surface area contributed by atoms with Crippen LogP contribution in [0.1, 0.15) is 25.7 Å². The lowest BCUT2D eigenvalue weighted by atomic mass is 10.1. The molecule has 5 nitrogen and oxygen atoms in total. The smallest absolute Gasteiger partial charge is 0.337 e. The summed E-state index contributed by atoms with van der Waals surface area (Å²) in [5.74, 6) is -1.48. The van der Waals surface area contributed by atoms with Crippen LogP contribution in [0.3, 0.4) is 0 Å². The number of aromatic nitrogens is 1. The fourth-order valence-corrected chi connectivity index (χ4v) is 1.99. The molecule has 0 spiro atoms. The lowest BCUT2D eigenvalue weighted by Crippen LogP contribution is -2.14. The van der Waals surface area contributed by atoms with Crippen molar-refractivity contribution >= 4 is 28.9 Å². The Hall–Kier alpha value is -2.21. The molecule has 6 heteroatoms. The number of carbonyl (C=O) groups is 2. The van der Waals surface area contributed by atoms with Gasteiger partial charge in [-0.25, -0.2) is 9.78 Å². The van der Waals surface area contributed by atoms with Gasteiger partial charge in [-0.15, -0.1) is 11.3 Å². The molecule has 18 heavy (non-hydrogen) atoms. The van der Waals surface area contributed by atoms with E-state index in [1.165, 1.54) is 23.6 Å². The van der Waals surface area contributed by atoms with E-state index < -0.39 is 11.9 Å². The number of aromatic carboxylic acids is 1. The van der Waals surface area contributed by atoms with Crippen LogP contribution in [0.4, 0.5) is 5.69 Å². The maximum absolute atomic E-state index is 11.8. The van der Waals surface area contributed by atoms with Gasteiger partial charge in [0.2, 0.25) is 0 Å². The number of nitrogens with zero attached hydrogens (tertiary/aromatic N) is 1. The number of nitrogens with one attached hydrogen (secondary N) is 1. The second-order valence-corrected chi connectivity index (χ2v) is 4.54. The van der Waals surface area contributed by atoms with Crippen LogP contribution in [0.5, 0.6) is 0 Å². The number of rotatable bonds is 3. The lowest BCUT2D eigenvalue weighted by molar-refractivity contribution is 0.0698. The van der Waals surface area contributed by atoms with Gasteiger partial charge in [0.05, 0.1) is 11.3 Å². The maximum Gasteiger partial charge on any atom is 0.337 e. The molecule has 0 fully saturated rings. The molecule has 2 aromatic rings. The van der Waals surface area contributed by atoms with Crippen molar-refractivity contribution in [2.75, 3.05) is 5.32 Å². The lowest BCUT2D eigenvalue weighted by Gasteiger charge is -2.07. The highest BCUT2D eigenvalue weighted by Gasteiger charge is 2.14. The first-order valence-corrected chi connectivity index (χ1v) is 6.00. The largest absolute Gasteiger partial charge is 0.478 e. The molecule has 0 aliphatic carbocycles. The summed E-state index contributed by atoms with van der Waals surface area (Å²) in [6.45, 7) is 1.79. The number of carboxylic acid groups (broad SMARTS) is 1. The van der Waals surface area contributed by atoms with E-state index in [2.05, 4.69) is 10.3 Å². The summed E-state index contributed by atoms with van der Waals surface area (Å²) in [4.78, 5) is 26.7. The molecule has 1 aromatic carbocycles. The summed E-state index contributed by atoms with van der Waals surface area (Å²) < 4.78 is 0. The second kappa shape index (κ2) is 4.97. The summed E-state index contributed by atoms with van der Waals surface area (Å²) >= 11 is 1.20. The summed E-state index contributed by atoms with van der Waals surface area (Å²) in [5.41, 5.74) is 1.16. The molecule has 1 aromatic heterocycles. The highest BCUT2D eigenvalue weighted by Crippen LogP contribution is 2.18. The van der Waals surface area contributed by atoms with Gasteiger partial charge in [-0.05, 0) is 19.1 Å². The van der Waals surface area contributed by atoms with Gasteiger partial charge in [-0.3, -0.25) is 4.79 Å². The number of carboxylic acids is 1. The SMILES string of the molecule is Cc1ccc(NC(=O)c2nccs2)c(C(=O)O)c1. The molecule has 1 amide bonds. The van der Waals surface area contributed by atoms with E-state index in [4.69, 9.17) is 5.11 Å². The fourth-order valence-electron chi connectivity index (χ4n) is 1.46. The molecule has 0 bridgehead atoms. The second-order valence-electron chi connectivity index (χ2n) is 3.65. The molecule has 0 saturated carbocycles. The Bertz CT molecular complexity index is 593. The van der Waals surface area contributed by atoms with Crippen LogP contribution in [0.15, 0.2) is 29.8 Å². The summed E-state index contributed by atoms with van der Waals surface area (Å²) in [5, 5.41) is 13.6. The van der Waals surface area contributed by atoms with Crippen LogP contribution in [-0.2, 0) is 0 Å². The van der Waals surface area contributed by atoms with E-state index in [0.717, 1.165) is 5.56 Å². The number of benzene rings is 1. The summed E-state index contributed by atoms with van der Waals surface area (Å²) in [6, 6.07) is 4.83. The van der Waals surface area contributed by atoms with Crippen LogP contribution >= 0.6 is 11.3 Å². The molecular weight excluding hydrogens is 252 g/mol. The van der Waals surface area contributed by atoms with Gasteiger partial charge in [0.25, 0.3) is 5.91 Å². The maximum atomic E-state index is 11.8. The van der Waals surface area contributed by atoms with Gasteiger partial charge in [-0.1, -0.05) is 11.6 Å². The average Bonchev–Trinajstić information content (AvgIpc) is 2.84. The minimum absolute atomic E-state index is 0.0694. The minimum Gasteiger partial charge on any atom is -0.478 e. The molecule has 92 valence electrons. The average molecular weight is 262 g/mol. The first-order chi connectivity index (χ1) is 8.58. The third-order valence-electron chi connectivity index (χ3n) is 2.28. The molecule has 0 atom stereocenters. The van der Waals surface area contributed by atoms with Gasteiger partial charge in [0, 0.05) is 11.6 Å². The van der Waals surface area contributed by atoms with E-state index in [1.807, 2.05) is 0 Å². The Labute approximate surface area is 107 Å². The number of carbonyl (C=O) groups excluding carboxylic acids is 1. The molecule has 0 aliphatic rings. The number of thiazole rings is 1. The monoisotopic (exact) mass is 262 g/mol. The minimum atomic E-state index is -1.08. The first-order valence-electron chi connectivity index (χ1n) is 5.12. The van der Waals surface area contributed by atoms with Crippen molar-refractivity contribution in [2.24, 2.45) is 0 Å². The topological polar surface area (TPSA) is 79.3 Å². The zero-order valence-corrected chi connectivity index (χ0v) is 10.3. The molecule has 2 N–H and O–H groups in total. The van der Waals surface area contributed by atoms with Crippen LogP contribution in [-0.4, -0.2) is 22.0 Å². The molecule has 1 heterocycles. The molecule has 0 unspecified atom stereocenters. The van der Waals surface area contributed by atoms with E-state index in [-0.39, 0.29) is 11.3 Å². The molecule has 0 radical (unpaired) electrons. The van der Waals surface area contributed by atoms with Crippen molar-refractivity contribution in [1.82, 2.24) is 4.98 Å². The molecule has 2 rings (SSSR count). The van der Waals surface area contributed by atoms with Crippen molar-refractivity contribution in [3.05, 3.63) is 45.9 Å². The predicted molar refractivity (Wildman–Crippen MR) is 68.2 cm³/mol. The Morgan fingerprint density at radius 1 is 1.39 bits per heavy atom. The number of hydrogen-bond acceptors (Lipinski definition) is 4. The quantitative estimate of drug-likeness (QED) is 0.890. The Kier molecular flexibility index (Phi) is 3.38. The third-order valence-corrected chi connectivity index (χ3v) is 3.05.